The molecule has 0 aliphatic carbocycles. The quantitative estimate of drug-likeness (QED) is 0.236. The van der Waals surface area contributed by atoms with Gasteiger partial charge in [-0.2, -0.15) is 5.26 Å². The van der Waals surface area contributed by atoms with Crippen LogP contribution in [0.5, 0.6) is 11.5 Å². The Morgan fingerprint density at radius 2 is 1.78 bits per heavy atom. The second kappa shape index (κ2) is 13.3. The topological polar surface area (TPSA) is 100 Å². The molecular formula is C28H26FN3O4. The molecule has 0 unspecified atom stereocenters. The lowest BCUT2D eigenvalue weighted by molar-refractivity contribution is -0.118. The van der Waals surface area contributed by atoms with Gasteiger partial charge in [0.25, 0.3) is 11.8 Å². The maximum atomic E-state index is 13.0. The second-order valence-corrected chi connectivity index (χ2v) is 7.77. The maximum Gasteiger partial charge on any atom is 0.262 e. The standard InChI is InChI=1S/C28H26FN3O4/c1-35-26-17-21(9-14-25(26)36-19-27(33)32-24-12-10-23(29)11-13-24)16-22(18-30)28(34)31-15-5-8-20-6-3-2-4-7-20/h2-4,6-7,9-14,16-17H,5,8,15,19H2,1H3,(H,31,34)(H,32,33)/b22-16-. The highest BCUT2D eigenvalue weighted by atomic mass is 19.1. The third-order valence-electron chi connectivity index (χ3n) is 5.12. The van der Waals surface area contributed by atoms with Crippen LogP contribution in [0.15, 0.2) is 78.4 Å². The number of rotatable bonds is 11. The highest BCUT2D eigenvalue weighted by molar-refractivity contribution is 6.01. The number of ether oxygens (including phenoxy) is 2. The SMILES string of the molecule is COc1cc(/C=C(/C#N)C(=O)NCCCc2ccccc2)ccc1OCC(=O)Nc1ccc(F)cc1. The minimum absolute atomic E-state index is 0.0379. The van der Waals surface area contributed by atoms with Crippen molar-refractivity contribution in [3.8, 4) is 17.6 Å². The molecule has 36 heavy (non-hydrogen) atoms. The van der Waals surface area contributed by atoms with Crippen molar-refractivity contribution >= 4 is 23.6 Å². The number of carbonyl (C=O) groups excluding carboxylic acids is 2. The van der Waals surface area contributed by atoms with E-state index in [-0.39, 0.29) is 12.2 Å². The first-order chi connectivity index (χ1) is 17.5. The first-order valence-corrected chi connectivity index (χ1v) is 11.3. The Hall–Kier alpha value is -4.64. The lowest BCUT2D eigenvalue weighted by atomic mass is 10.1. The fourth-order valence-electron chi connectivity index (χ4n) is 3.32. The van der Waals surface area contributed by atoms with Gasteiger partial charge in [-0.25, -0.2) is 4.39 Å². The molecular weight excluding hydrogens is 461 g/mol. The Kier molecular flexibility index (Phi) is 9.60. The van der Waals surface area contributed by atoms with Gasteiger partial charge in [0.2, 0.25) is 0 Å². The predicted molar refractivity (Wildman–Crippen MR) is 135 cm³/mol. The molecule has 184 valence electrons. The Bertz CT molecular complexity index is 1250. The summed E-state index contributed by atoms with van der Waals surface area (Å²) in [4.78, 5) is 24.6. The van der Waals surface area contributed by atoms with Gasteiger partial charge in [-0.3, -0.25) is 9.59 Å². The lowest BCUT2D eigenvalue weighted by Crippen LogP contribution is -2.25. The summed E-state index contributed by atoms with van der Waals surface area (Å²) in [7, 11) is 1.44. The number of nitriles is 1. The van der Waals surface area contributed by atoms with Crippen molar-refractivity contribution in [1.29, 1.82) is 5.26 Å². The van der Waals surface area contributed by atoms with Gasteiger partial charge in [0.05, 0.1) is 7.11 Å². The summed E-state index contributed by atoms with van der Waals surface area (Å²) in [6.45, 7) is 0.153. The van der Waals surface area contributed by atoms with Crippen LogP contribution in [0, 0.1) is 17.1 Å². The number of methoxy groups -OCH3 is 1. The molecule has 0 aromatic heterocycles. The molecule has 0 saturated carbocycles. The number of aryl methyl sites for hydroxylation is 1. The number of anilines is 1. The zero-order valence-corrected chi connectivity index (χ0v) is 19.8. The van der Waals surface area contributed by atoms with Gasteiger partial charge in [-0.15, -0.1) is 0 Å². The van der Waals surface area contributed by atoms with Gasteiger partial charge in [-0.1, -0.05) is 36.4 Å². The molecule has 0 spiro atoms. The first-order valence-electron chi connectivity index (χ1n) is 11.3. The highest BCUT2D eigenvalue weighted by Crippen LogP contribution is 2.29. The van der Waals surface area contributed by atoms with Gasteiger partial charge in [0.1, 0.15) is 17.5 Å². The third kappa shape index (κ3) is 7.99. The molecule has 0 heterocycles. The Morgan fingerprint density at radius 1 is 1.03 bits per heavy atom. The molecule has 2 amide bonds. The van der Waals surface area contributed by atoms with Crippen molar-refractivity contribution in [2.24, 2.45) is 0 Å². The average Bonchev–Trinajstić information content (AvgIpc) is 2.90. The molecule has 3 rings (SSSR count). The Balaban J connectivity index is 1.55. The molecule has 2 N–H and O–H groups in total. The smallest absolute Gasteiger partial charge is 0.262 e. The van der Waals surface area contributed by atoms with Crippen LogP contribution in [-0.4, -0.2) is 32.1 Å². The zero-order chi connectivity index (χ0) is 25.8. The number of hydrogen-bond acceptors (Lipinski definition) is 5. The van der Waals surface area contributed by atoms with Crippen LogP contribution in [0.1, 0.15) is 17.5 Å². The van der Waals surface area contributed by atoms with Crippen LogP contribution in [-0.2, 0) is 16.0 Å². The van der Waals surface area contributed by atoms with Gasteiger partial charge in [-0.05, 0) is 66.4 Å². The summed E-state index contributed by atoms with van der Waals surface area (Å²) in [6.07, 6.45) is 3.04. The number of hydrogen-bond donors (Lipinski definition) is 2. The molecule has 3 aromatic rings. The lowest BCUT2D eigenvalue weighted by Gasteiger charge is -2.12. The summed E-state index contributed by atoms with van der Waals surface area (Å²) in [5.74, 6) is -0.638. The van der Waals surface area contributed by atoms with Crippen LogP contribution in [0.4, 0.5) is 10.1 Å². The van der Waals surface area contributed by atoms with E-state index in [4.69, 9.17) is 9.47 Å². The summed E-state index contributed by atoms with van der Waals surface area (Å²) < 4.78 is 23.9. The van der Waals surface area contributed by atoms with E-state index in [0.717, 1.165) is 12.8 Å². The number of nitrogens with one attached hydrogen (secondary N) is 2. The Labute approximate surface area is 209 Å². The molecule has 0 aliphatic rings. The molecule has 0 aliphatic heterocycles. The van der Waals surface area contributed by atoms with E-state index in [1.807, 2.05) is 36.4 Å². The van der Waals surface area contributed by atoms with E-state index < -0.39 is 17.6 Å². The summed E-state index contributed by atoms with van der Waals surface area (Å²) in [5, 5.41) is 14.8. The predicted octanol–water partition coefficient (Wildman–Crippen LogP) is 4.51. The summed E-state index contributed by atoms with van der Waals surface area (Å²) in [6, 6.07) is 22.1. The number of halogens is 1. The van der Waals surface area contributed by atoms with Crippen molar-refractivity contribution in [3.05, 3.63) is 95.3 Å². The van der Waals surface area contributed by atoms with Crippen LogP contribution in [0.25, 0.3) is 6.08 Å². The molecule has 3 aromatic carbocycles. The number of carbonyl (C=O) groups is 2. The average molecular weight is 488 g/mol. The normalized spacial score (nSPS) is 10.8. The van der Waals surface area contributed by atoms with Gasteiger partial charge < -0.3 is 20.1 Å². The number of nitrogens with zero attached hydrogens (tertiary/aromatic N) is 1. The number of benzene rings is 3. The van der Waals surface area contributed by atoms with Gasteiger partial charge in [0.15, 0.2) is 18.1 Å². The molecule has 0 bridgehead atoms. The zero-order valence-electron chi connectivity index (χ0n) is 19.8. The van der Waals surface area contributed by atoms with Crippen molar-refractivity contribution in [2.45, 2.75) is 12.8 Å². The molecule has 0 saturated heterocycles. The monoisotopic (exact) mass is 487 g/mol. The summed E-state index contributed by atoms with van der Waals surface area (Å²) >= 11 is 0. The van der Waals surface area contributed by atoms with Crippen molar-refractivity contribution in [1.82, 2.24) is 5.32 Å². The molecule has 8 heteroatoms. The van der Waals surface area contributed by atoms with Crippen LogP contribution in [0.2, 0.25) is 0 Å². The van der Waals surface area contributed by atoms with E-state index in [0.29, 0.717) is 29.3 Å². The van der Waals surface area contributed by atoms with Gasteiger partial charge >= 0.3 is 0 Å². The van der Waals surface area contributed by atoms with E-state index in [1.54, 1.807) is 18.2 Å². The van der Waals surface area contributed by atoms with Crippen LogP contribution >= 0.6 is 0 Å². The summed E-state index contributed by atoms with van der Waals surface area (Å²) in [5.41, 5.74) is 2.15. The molecule has 0 fully saturated rings. The fraction of sp³-hybridized carbons (Fsp3) is 0.179. The molecule has 0 atom stereocenters. The minimum Gasteiger partial charge on any atom is -0.493 e. The van der Waals surface area contributed by atoms with E-state index >= 15 is 0 Å². The van der Waals surface area contributed by atoms with Crippen LogP contribution in [0.3, 0.4) is 0 Å². The van der Waals surface area contributed by atoms with Gasteiger partial charge in [0, 0.05) is 12.2 Å². The Morgan fingerprint density at radius 3 is 2.47 bits per heavy atom. The molecule has 7 nitrogen and oxygen atoms in total. The third-order valence-corrected chi connectivity index (χ3v) is 5.12. The number of amides is 2. The minimum atomic E-state index is -0.456. The van der Waals surface area contributed by atoms with E-state index in [2.05, 4.69) is 10.6 Å². The molecule has 0 radical (unpaired) electrons. The highest BCUT2D eigenvalue weighted by Gasteiger charge is 2.12. The van der Waals surface area contributed by atoms with Crippen molar-refractivity contribution in [3.63, 3.8) is 0 Å². The largest absolute Gasteiger partial charge is 0.493 e. The van der Waals surface area contributed by atoms with Crippen molar-refractivity contribution < 1.29 is 23.5 Å². The second-order valence-electron chi connectivity index (χ2n) is 7.77. The van der Waals surface area contributed by atoms with Crippen LogP contribution < -0.4 is 20.1 Å². The maximum absolute atomic E-state index is 13.0. The van der Waals surface area contributed by atoms with E-state index in [1.165, 1.54) is 43.0 Å². The van der Waals surface area contributed by atoms with Crippen molar-refractivity contribution in [2.75, 3.05) is 25.6 Å². The van der Waals surface area contributed by atoms with E-state index in [9.17, 15) is 19.2 Å². The first kappa shape index (κ1) is 26.0. The fourth-order valence-corrected chi connectivity index (χ4v) is 3.32.